The van der Waals surface area contributed by atoms with Gasteiger partial charge >= 0.3 is 0 Å². The van der Waals surface area contributed by atoms with Crippen molar-refractivity contribution in [2.75, 3.05) is 4.90 Å². The number of benzene rings is 2. The summed E-state index contributed by atoms with van der Waals surface area (Å²) >= 11 is 0. The number of nitrogens with zero attached hydrogens (tertiary/aromatic N) is 1. The van der Waals surface area contributed by atoms with Crippen LogP contribution in [0.4, 0.5) is 11.4 Å². The maximum Gasteiger partial charge on any atom is 0.286 e. The van der Waals surface area contributed by atoms with Gasteiger partial charge in [-0.25, -0.2) is 0 Å². The molecule has 0 saturated carbocycles. The number of rotatable bonds is 3. The molecule has 1 N–H and O–H groups in total. The maximum atomic E-state index is 12.0. The van der Waals surface area contributed by atoms with Gasteiger partial charge in [0.2, 0.25) is 0 Å². The lowest BCUT2D eigenvalue weighted by Gasteiger charge is -2.38. The van der Waals surface area contributed by atoms with E-state index in [1.54, 1.807) is 11.8 Å². The molecule has 2 aromatic carbocycles. The van der Waals surface area contributed by atoms with Gasteiger partial charge in [0.1, 0.15) is 0 Å². The van der Waals surface area contributed by atoms with Gasteiger partial charge in [-0.15, -0.1) is 0 Å². The Morgan fingerprint density at radius 3 is 2.50 bits per heavy atom. The summed E-state index contributed by atoms with van der Waals surface area (Å²) < 4.78 is 39.9. The van der Waals surface area contributed by atoms with Crippen molar-refractivity contribution < 1.29 is 17.7 Å². The molecule has 1 atom stereocenters. The van der Waals surface area contributed by atoms with Crippen LogP contribution >= 0.6 is 0 Å². The number of fused-ring (bicyclic) bond motifs is 2. The predicted octanol–water partition coefficient (Wildman–Crippen LogP) is 4.48. The Morgan fingerprint density at radius 1 is 1.17 bits per heavy atom. The van der Waals surface area contributed by atoms with Crippen LogP contribution in [-0.2, 0) is 10.1 Å². The molecule has 0 aromatic heterocycles. The highest BCUT2D eigenvalue weighted by atomic mass is 32.2. The molecule has 1 unspecified atom stereocenters. The van der Waals surface area contributed by atoms with Crippen LogP contribution in [0.3, 0.4) is 0 Å². The van der Waals surface area contributed by atoms with E-state index in [-0.39, 0.29) is 6.42 Å². The zero-order valence-electron chi connectivity index (χ0n) is 14.2. The summed E-state index contributed by atoms with van der Waals surface area (Å²) in [5, 5.41) is -1.07. The van der Waals surface area contributed by atoms with E-state index < -0.39 is 15.5 Å². The highest BCUT2D eigenvalue weighted by molar-refractivity contribution is 7.86. The smallest absolute Gasteiger partial charge is 0.286 e. The first kappa shape index (κ1) is 16.8. The molecular formula is C18H21NO4S. The Bertz CT molecular complexity index is 905. The standard InChI is InChI=1S/C18H21NO4S/c1-5-16(24(20,21)22)19-14-10-11(2)9-13(4)18(14)23-15-8-6-7-12(3)17(15)19/h6-10,16H,5H2,1-4H3,(H,20,21,22). The van der Waals surface area contributed by atoms with E-state index in [9.17, 15) is 13.0 Å². The molecule has 24 heavy (non-hydrogen) atoms. The molecular weight excluding hydrogens is 326 g/mol. The van der Waals surface area contributed by atoms with Crippen molar-refractivity contribution in [3.8, 4) is 11.5 Å². The van der Waals surface area contributed by atoms with Gasteiger partial charge in [0, 0.05) is 0 Å². The summed E-state index contributed by atoms with van der Waals surface area (Å²) in [4.78, 5) is 1.69. The first-order valence-electron chi connectivity index (χ1n) is 7.88. The van der Waals surface area contributed by atoms with Crippen LogP contribution in [0.1, 0.15) is 30.0 Å². The van der Waals surface area contributed by atoms with E-state index in [2.05, 4.69) is 0 Å². The third-order valence-corrected chi connectivity index (χ3v) is 5.53. The van der Waals surface area contributed by atoms with Gasteiger partial charge in [-0.1, -0.05) is 25.1 Å². The maximum absolute atomic E-state index is 12.0. The van der Waals surface area contributed by atoms with Crippen molar-refractivity contribution in [2.24, 2.45) is 0 Å². The minimum Gasteiger partial charge on any atom is -0.453 e. The summed E-state index contributed by atoms with van der Waals surface area (Å²) in [6.45, 7) is 7.53. The largest absolute Gasteiger partial charge is 0.453 e. The fraction of sp³-hybridized carbons (Fsp3) is 0.333. The van der Waals surface area contributed by atoms with E-state index in [1.807, 2.05) is 51.1 Å². The summed E-state index contributed by atoms with van der Waals surface area (Å²) in [6, 6.07) is 9.47. The number of para-hydroxylation sites is 1. The van der Waals surface area contributed by atoms with Crippen molar-refractivity contribution >= 4 is 21.5 Å². The Balaban J connectivity index is 2.35. The van der Waals surface area contributed by atoms with Gasteiger partial charge in [0.25, 0.3) is 10.1 Å². The molecule has 5 nitrogen and oxygen atoms in total. The van der Waals surface area contributed by atoms with Gasteiger partial charge in [-0.05, 0) is 56.0 Å². The zero-order valence-corrected chi connectivity index (χ0v) is 15.0. The number of anilines is 2. The molecule has 0 saturated heterocycles. The minimum absolute atomic E-state index is 0.249. The van der Waals surface area contributed by atoms with Crippen molar-refractivity contribution in [3.63, 3.8) is 0 Å². The molecule has 1 aliphatic rings. The second-order valence-corrected chi connectivity index (χ2v) is 7.78. The van der Waals surface area contributed by atoms with Crippen molar-refractivity contribution in [2.45, 2.75) is 39.5 Å². The van der Waals surface area contributed by atoms with Gasteiger partial charge < -0.3 is 9.64 Å². The molecule has 3 rings (SSSR count). The monoisotopic (exact) mass is 347 g/mol. The molecule has 0 fully saturated rings. The first-order valence-corrected chi connectivity index (χ1v) is 9.38. The third-order valence-electron chi connectivity index (χ3n) is 4.29. The minimum atomic E-state index is -4.27. The van der Waals surface area contributed by atoms with Crippen LogP contribution in [0.25, 0.3) is 0 Å². The van der Waals surface area contributed by atoms with E-state index in [4.69, 9.17) is 4.74 Å². The van der Waals surface area contributed by atoms with Gasteiger partial charge in [-0.2, -0.15) is 8.42 Å². The highest BCUT2D eigenvalue weighted by Gasteiger charge is 2.37. The van der Waals surface area contributed by atoms with Crippen molar-refractivity contribution in [1.82, 2.24) is 0 Å². The number of ether oxygens (including phenoxy) is 1. The molecule has 0 amide bonds. The Morgan fingerprint density at radius 2 is 1.88 bits per heavy atom. The van der Waals surface area contributed by atoms with Crippen LogP contribution < -0.4 is 9.64 Å². The number of aryl methyl sites for hydroxylation is 3. The molecule has 0 bridgehead atoms. The van der Waals surface area contributed by atoms with E-state index >= 15 is 0 Å². The summed E-state index contributed by atoms with van der Waals surface area (Å²) in [5.41, 5.74) is 4.16. The Hall–Kier alpha value is -2.05. The van der Waals surface area contributed by atoms with Crippen LogP contribution in [0.5, 0.6) is 11.5 Å². The number of hydrogen-bond donors (Lipinski definition) is 1. The topological polar surface area (TPSA) is 66.8 Å². The SMILES string of the molecule is CCC(N1c2cc(C)cc(C)c2Oc2cccc(C)c21)S(=O)(=O)O. The van der Waals surface area contributed by atoms with Gasteiger partial charge in [0.05, 0.1) is 11.4 Å². The average Bonchev–Trinajstić information content (AvgIpc) is 2.47. The molecule has 0 radical (unpaired) electrons. The second kappa shape index (κ2) is 5.79. The van der Waals surface area contributed by atoms with E-state index in [1.165, 1.54) is 0 Å². The van der Waals surface area contributed by atoms with E-state index in [0.717, 1.165) is 16.7 Å². The highest BCUT2D eigenvalue weighted by Crippen LogP contribution is 2.51. The molecule has 0 aliphatic carbocycles. The van der Waals surface area contributed by atoms with Crippen LogP contribution in [-0.4, -0.2) is 18.3 Å². The summed E-state index contributed by atoms with van der Waals surface area (Å²) in [6.07, 6.45) is 0.249. The fourth-order valence-corrected chi connectivity index (χ4v) is 4.23. The normalized spacial score (nSPS) is 14.6. The Kier molecular flexibility index (Phi) is 4.05. The Labute approximate surface area is 142 Å². The lowest BCUT2D eigenvalue weighted by molar-refractivity contribution is 0.449. The van der Waals surface area contributed by atoms with Gasteiger partial charge in [-0.3, -0.25) is 4.55 Å². The number of hydrogen-bond acceptors (Lipinski definition) is 4. The lowest BCUT2D eigenvalue weighted by Crippen LogP contribution is -2.39. The molecule has 1 heterocycles. The molecule has 0 spiro atoms. The van der Waals surface area contributed by atoms with E-state index in [0.29, 0.717) is 22.9 Å². The predicted molar refractivity (Wildman–Crippen MR) is 94.9 cm³/mol. The second-order valence-electron chi connectivity index (χ2n) is 6.20. The van der Waals surface area contributed by atoms with Crippen LogP contribution in [0, 0.1) is 20.8 Å². The lowest BCUT2D eigenvalue weighted by atomic mass is 10.0. The molecule has 1 aliphatic heterocycles. The van der Waals surface area contributed by atoms with Crippen molar-refractivity contribution in [3.05, 3.63) is 47.0 Å². The van der Waals surface area contributed by atoms with Crippen LogP contribution in [0.2, 0.25) is 0 Å². The zero-order chi connectivity index (χ0) is 17.6. The molecule has 2 aromatic rings. The van der Waals surface area contributed by atoms with Gasteiger partial charge in [0.15, 0.2) is 16.9 Å². The quantitative estimate of drug-likeness (QED) is 0.829. The molecule has 128 valence electrons. The summed E-state index contributed by atoms with van der Waals surface area (Å²) in [7, 11) is -4.27. The fourth-order valence-electron chi connectivity index (χ4n) is 3.32. The average molecular weight is 347 g/mol. The first-order chi connectivity index (χ1) is 11.2. The molecule has 6 heteroatoms. The van der Waals surface area contributed by atoms with Crippen LogP contribution in [0.15, 0.2) is 30.3 Å². The summed E-state index contributed by atoms with van der Waals surface area (Å²) in [5.74, 6) is 1.22. The third kappa shape index (κ3) is 2.65. The van der Waals surface area contributed by atoms with Crippen molar-refractivity contribution in [1.29, 1.82) is 0 Å².